The Labute approximate surface area is 86.4 Å². The van der Waals surface area contributed by atoms with Crippen molar-refractivity contribution < 1.29 is 4.79 Å². The third kappa shape index (κ3) is 2.20. The predicted octanol–water partition coefficient (Wildman–Crippen LogP) is 1.56. The molecule has 0 saturated carbocycles. The fraction of sp³-hybridized carbons (Fsp3) is 0.625. The van der Waals surface area contributed by atoms with Gasteiger partial charge < -0.3 is 4.90 Å². The van der Waals surface area contributed by atoms with E-state index in [0.29, 0.717) is 5.82 Å². The number of carbonyl (C=O) groups excluding carboxylic acids is 1. The molecule has 0 unspecified atom stereocenters. The third-order valence-electron chi connectivity index (χ3n) is 2.24. The SMILES string of the molecule is O=C(Nc1cnsn1)N1CCCCC1. The summed E-state index contributed by atoms with van der Waals surface area (Å²) in [5.41, 5.74) is 0. The highest BCUT2D eigenvalue weighted by Gasteiger charge is 2.16. The molecule has 1 aromatic heterocycles. The Morgan fingerprint density at radius 3 is 2.86 bits per heavy atom. The minimum atomic E-state index is -0.0580. The van der Waals surface area contributed by atoms with Crippen molar-refractivity contribution in [1.82, 2.24) is 13.6 Å². The quantitative estimate of drug-likeness (QED) is 0.768. The molecule has 6 heteroatoms. The van der Waals surface area contributed by atoms with E-state index in [0.717, 1.165) is 37.7 Å². The fourth-order valence-corrected chi connectivity index (χ4v) is 1.88. The number of likely N-dealkylation sites (tertiary alicyclic amines) is 1. The van der Waals surface area contributed by atoms with Gasteiger partial charge in [0.25, 0.3) is 0 Å². The van der Waals surface area contributed by atoms with Crippen LogP contribution >= 0.6 is 11.7 Å². The molecule has 5 nitrogen and oxygen atoms in total. The van der Waals surface area contributed by atoms with Gasteiger partial charge in [0.2, 0.25) is 0 Å². The maximum absolute atomic E-state index is 11.6. The highest BCUT2D eigenvalue weighted by molar-refractivity contribution is 6.99. The molecule has 14 heavy (non-hydrogen) atoms. The summed E-state index contributed by atoms with van der Waals surface area (Å²) >= 11 is 1.09. The lowest BCUT2D eigenvalue weighted by atomic mass is 10.1. The van der Waals surface area contributed by atoms with Crippen LogP contribution in [0.1, 0.15) is 19.3 Å². The largest absolute Gasteiger partial charge is 0.324 e. The van der Waals surface area contributed by atoms with Crippen LogP contribution in [-0.4, -0.2) is 32.8 Å². The lowest BCUT2D eigenvalue weighted by molar-refractivity contribution is 0.200. The number of anilines is 1. The minimum Gasteiger partial charge on any atom is -0.324 e. The highest BCUT2D eigenvalue weighted by Crippen LogP contribution is 2.10. The molecule has 0 spiro atoms. The number of nitrogens with one attached hydrogen (secondary N) is 1. The molecular weight excluding hydrogens is 200 g/mol. The monoisotopic (exact) mass is 212 g/mol. The molecule has 0 atom stereocenters. The summed E-state index contributed by atoms with van der Waals surface area (Å²) in [7, 11) is 0. The topological polar surface area (TPSA) is 58.1 Å². The Kier molecular flexibility index (Phi) is 2.93. The number of piperidine rings is 1. The molecule has 2 amide bonds. The Morgan fingerprint density at radius 1 is 1.43 bits per heavy atom. The number of urea groups is 1. The zero-order valence-electron chi connectivity index (χ0n) is 7.77. The first-order chi connectivity index (χ1) is 6.86. The molecular formula is C8H12N4OS. The van der Waals surface area contributed by atoms with Gasteiger partial charge >= 0.3 is 6.03 Å². The maximum Gasteiger partial charge on any atom is 0.323 e. The molecule has 1 fully saturated rings. The average molecular weight is 212 g/mol. The average Bonchev–Trinajstić information content (AvgIpc) is 2.72. The smallest absolute Gasteiger partial charge is 0.323 e. The van der Waals surface area contributed by atoms with E-state index < -0.39 is 0 Å². The van der Waals surface area contributed by atoms with Crippen molar-refractivity contribution in [3.63, 3.8) is 0 Å². The lowest BCUT2D eigenvalue weighted by Crippen LogP contribution is -2.38. The van der Waals surface area contributed by atoms with Crippen LogP contribution in [-0.2, 0) is 0 Å². The molecule has 1 aliphatic heterocycles. The number of nitrogens with zero attached hydrogens (tertiary/aromatic N) is 3. The second-order valence-electron chi connectivity index (χ2n) is 3.27. The lowest BCUT2D eigenvalue weighted by Gasteiger charge is -2.26. The number of rotatable bonds is 1. The van der Waals surface area contributed by atoms with Crippen LogP contribution in [0.25, 0.3) is 0 Å². The number of hydrogen-bond donors (Lipinski definition) is 1. The van der Waals surface area contributed by atoms with Gasteiger partial charge in [-0.05, 0) is 19.3 Å². The third-order valence-corrected chi connectivity index (χ3v) is 2.72. The minimum absolute atomic E-state index is 0.0580. The fourth-order valence-electron chi connectivity index (χ4n) is 1.51. The second kappa shape index (κ2) is 4.36. The predicted molar refractivity (Wildman–Crippen MR) is 54.4 cm³/mol. The summed E-state index contributed by atoms with van der Waals surface area (Å²) in [6, 6.07) is -0.0580. The Bertz CT molecular complexity index is 294. The van der Waals surface area contributed by atoms with E-state index in [2.05, 4.69) is 14.1 Å². The van der Waals surface area contributed by atoms with E-state index in [9.17, 15) is 4.79 Å². The molecule has 1 aromatic rings. The van der Waals surface area contributed by atoms with Crippen molar-refractivity contribution in [3.8, 4) is 0 Å². The molecule has 1 aliphatic rings. The maximum atomic E-state index is 11.6. The first kappa shape index (κ1) is 9.39. The standard InChI is InChI=1S/C8H12N4OS/c13-8(10-7-6-9-14-11-7)12-4-2-1-3-5-12/h6H,1-5H2,(H,10,11,13). The van der Waals surface area contributed by atoms with E-state index in [-0.39, 0.29) is 6.03 Å². The van der Waals surface area contributed by atoms with Crippen molar-refractivity contribution in [1.29, 1.82) is 0 Å². The first-order valence-corrected chi connectivity index (χ1v) is 5.43. The number of carbonyl (C=O) groups is 1. The second-order valence-corrected chi connectivity index (χ2v) is 3.83. The van der Waals surface area contributed by atoms with E-state index in [1.165, 1.54) is 6.42 Å². The summed E-state index contributed by atoms with van der Waals surface area (Å²) in [4.78, 5) is 13.4. The van der Waals surface area contributed by atoms with Gasteiger partial charge in [0.15, 0.2) is 5.82 Å². The number of aromatic nitrogens is 2. The van der Waals surface area contributed by atoms with Crippen LogP contribution < -0.4 is 5.32 Å². The van der Waals surface area contributed by atoms with Crippen molar-refractivity contribution in [2.45, 2.75) is 19.3 Å². The summed E-state index contributed by atoms with van der Waals surface area (Å²) in [5, 5.41) is 2.72. The van der Waals surface area contributed by atoms with Crippen LogP contribution in [0, 0.1) is 0 Å². The zero-order chi connectivity index (χ0) is 9.80. The van der Waals surface area contributed by atoms with Gasteiger partial charge in [0.1, 0.15) is 0 Å². The van der Waals surface area contributed by atoms with E-state index in [1.807, 2.05) is 4.90 Å². The summed E-state index contributed by atoms with van der Waals surface area (Å²) in [5.74, 6) is 0.547. The van der Waals surface area contributed by atoms with E-state index in [1.54, 1.807) is 6.20 Å². The zero-order valence-corrected chi connectivity index (χ0v) is 8.59. The van der Waals surface area contributed by atoms with Crippen molar-refractivity contribution in [2.75, 3.05) is 18.4 Å². The van der Waals surface area contributed by atoms with Gasteiger partial charge in [0.05, 0.1) is 17.9 Å². The molecule has 0 radical (unpaired) electrons. The number of amides is 2. The number of hydrogen-bond acceptors (Lipinski definition) is 4. The van der Waals surface area contributed by atoms with E-state index in [4.69, 9.17) is 0 Å². The van der Waals surface area contributed by atoms with Gasteiger partial charge in [-0.2, -0.15) is 8.75 Å². The van der Waals surface area contributed by atoms with Crippen LogP contribution in [0.5, 0.6) is 0 Å². The molecule has 1 saturated heterocycles. The van der Waals surface area contributed by atoms with Crippen LogP contribution in [0.4, 0.5) is 10.6 Å². The molecule has 0 aromatic carbocycles. The van der Waals surface area contributed by atoms with Crippen molar-refractivity contribution in [3.05, 3.63) is 6.20 Å². The van der Waals surface area contributed by atoms with Crippen LogP contribution in [0.3, 0.4) is 0 Å². The Morgan fingerprint density at radius 2 is 2.21 bits per heavy atom. The normalized spacial score (nSPS) is 16.7. The molecule has 1 N–H and O–H groups in total. The van der Waals surface area contributed by atoms with Gasteiger partial charge in [0, 0.05) is 13.1 Å². The Hall–Kier alpha value is -1.17. The summed E-state index contributed by atoms with van der Waals surface area (Å²) < 4.78 is 7.74. The van der Waals surface area contributed by atoms with Gasteiger partial charge in [-0.1, -0.05) is 0 Å². The van der Waals surface area contributed by atoms with Crippen LogP contribution in [0.2, 0.25) is 0 Å². The molecule has 2 heterocycles. The molecule has 0 aliphatic carbocycles. The van der Waals surface area contributed by atoms with E-state index >= 15 is 0 Å². The van der Waals surface area contributed by atoms with Crippen molar-refractivity contribution >= 4 is 23.6 Å². The van der Waals surface area contributed by atoms with Gasteiger partial charge in [-0.3, -0.25) is 5.32 Å². The van der Waals surface area contributed by atoms with Gasteiger partial charge in [-0.25, -0.2) is 4.79 Å². The van der Waals surface area contributed by atoms with Crippen LogP contribution in [0.15, 0.2) is 6.20 Å². The van der Waals surface area contributed by atoms with Crippen molar-refractivity contribution in [2.24, 2.45) is 0 Å². The summed E-state index contributed by atoms with van der Waals surface area (Å²) in [6.45, 7) is 1.70. The molecule has 2 rings (SSSR count). The van der Waals surface area contributed by atoms with Gasteiger partial charge in [-0.15, -0.1) is 0 Å². The first-order valence-electron chi connectivity index (χ1n) is 4.70. The molecule has 76 valence electrons. The Balaban J connectivity index is 1.88. The molecule has 0 bridgehead atoms. The highest BCUT2D eigenvalue weighted by atomic mass is 32.1. The summed E-state index contributed by atoms with van der Waals surface area (Å²) in [6.07, 6.45) is 4.99.